The highest BCUT2D eigenvalue weighted by atomic mass is 32.2. The molecule has 4 aliphatic carbocycles. The zero-order valence-corrected chi connectivity index (χ0v) is 21.7. The second-order valence-electron chi connectivity index (χ2n) is 11.4. The first kappa shape index (κ1) is 24.4. The Kier molecular flexibility index (Phi) is 6.03. The largest absolute Gasteiger partial charge is 0.369 e. The third kappa shape index (κ3) is 4.22. The van der Waals surface area contributed by atoms with Crippen LogP contribution in [-0.2, 0) is 19.8 Å². The molecule has 5 fully saturated rings. The first-order valence-electron chi connectivity index (χ1n) is 13.3. The van der Waals surface area contributed by atoms with Crippen molar-refractivity contribution in [3.63, 3.8) is 0 Å². The molecule has 2 atom stereocenters. The van der Waals surface area contributed by atoms with Gasteiger partial charge in [0.15, 0.2) is 0 Å². The summed E-state index contributed by atoms with van der Waals surface area (Å²) in [4.78, 5) is 25.4. The summed E-state index contributed by atoms with van der Waals surface area (Å²) in [5, 5.41) is 3.18. The molecule has 1 aliphatic heterocycles. The van der Waals surface area contributed by atoms with Crippen LogP contribution >= 0.6 is 0 Å². The molecule has 8 nitrogen and oxygen atoms in total. The van der Waals surface area contributed by atoms with Crippen LogP contribution in [0.5, 0.6) is 0 Å². The number of anilines is 1. The summed E-state index contributed by atoms with van der Waals surface area (Å²) >= 11 is 0. The Bertz CT molecular complexity index is 1300. The van der Waals surface area contributed by atoms with E-state index in [0.717, 1.165) is 43.2 Å². The first-order chi connectivity index (χ1) is 17.8. The van der Waals surface area contributed by atoms with Crippen molar-refractivity contribution in [3.8, 4) is 11.1 Å². The molecule has 0 spiro atoms. The van der Waals surface area contributed by atoms with Gasteiger partial charge in [0.2, 0.25) is 11.8 Å². The number of amides is 2. The van der Waals surface area contributed by atoms with E-state index in [4.69, 9.17) is 5.73 Å². The van der Waals surface area contributed by atoms with Gasteiger partial charge in [0.05, 0.1) is 12.2 Å². The molecule has 1 heterocycles. The fourth-order valence-corrected chi connectivity index (χ4v) is 9.36. The van der Waals surface area contributed by atoms with E-state index in [2.05, 4.69) is 5.32 Å². The molecule has 2 aromatic carbocycles. The minimum absolute atomic E-state index is 0.0149. The van der Waals surface area contributed by atoms with Gasteiger partial charge >= 0.3 is 10.2 Å². The van der Waals surface area contributed by atoms with E-state index < -0.39 is 15.6 Å². The average molecular weight is 523 g/mol. The quantitative estimate of drug-likeness (QED) is 0.607. The molecule has 2 aromatic rings. The molecule has 2 amide bonds. The van der Waals surface area contributed by atoms with Gasteiger partial charge in [-0.1, -0.05) is 48.5 Å². The van der Waals surface area contributed by atoms with Crippen molar-refractivity contribution in [2.24, 2.45) is 28.9 Å². The fourth-order valence-electron chi connectivity index (χ4n) is 7.67. The van der Waals surface area contributed by atoms with Gasteiger partial charge in [0, 0.05) is 30.1 Å². The maximum Gasteiger partial charge on any atom is 0.304 e. The molecule has 9 heteroatoms. The Morgan fingerprint density at radius 2 is 1.62 bits per heavy atom. The lowest BCUT2D eigenvalue weighted by molar-refractivity contribution is -0.147. The first-order valence-corrected chi connectivity index (χ1v) is 14.7. The van der Waals surface area contributed by atoms with Crippen LogP contribution in [0.4, 0.5) is 5.69 Å². The second kappa shape index (κ2) is 9.13. The van der Waals surface area contributed by atoms with E-state index in [9.17, 15) is 18.0 Å². The topological polar surface area (TPSA) is 113 Å². The number of benzene rings is 2. The van der Waals surface area contributed by atoms with Gasteiger partial charge < -0.3 is 11.1 Å². The Labute approximate surface area is 218 Å². The van der Waals surface area contributed by atoms with E-state index in [1.165, 1.54) is 8.61 Å². The summed E-state index contributed by atoms with van der Waals surface area (Å²) in [6, 6.07) is 17.2. The number of rotatable bonds is 6. The van der Waals surface area contributed by atoms with Crippen LogP contribution in [0.1, 0.15) is 38.5 Å². The molecule has 196 valence electrons. The van der Waals surface area contributed by atoms with Gasteiger partial charge in [-0.15, -0.1) is 0 Å². The Balaban J connectivity index is 1.18. The van der Waals surface area contributed by atoms with Crippen molar-refractivity contribution in [1.29, 1.82) is 0 Å². The van der Waals surface area contributed by atoms with Gasteiger partial charge in [0.25, 0.3) is 0 Å². The number of carbonyl (C=O) groups excluding carboxylic acids is 2. The summed E-state index contributed by atoms with van der Waals surface area (Å²) < 4.78 is 30.2. The number of carbonyl (C=O) groups is 2. The summed E-state index contributed by atoms with van der Waals surface area (Å²) in [6.45, 7) is 0.477. The van der Waals surface area contributed by atoms with E-state index in [1.54, 1.807) is 0 Å². The lowest BCUT2D eigenvalue weighted by Crippen LogP contribution is -2.63. The van der Waals surface area contributed by atoms with Crippen molar-refractivity contribution >= 4 is 27.7 Å². The third-order valence-electron chi connectivity index (χ3n) is 9.07. The van der Waals surface area contributed by atoms with Gasteiger partial charge in [-0.2, -0.15) is 12.7 Å². The monoisotopic (exact) mass is 522 g/mol. The third-order valence-corrected chi connectivity index (χ3v) is 11.0. The molecule has 4 saturated carbocycles. The van der Waals surface area contributed by atoms with Crippen LogP contribution in [0.2, 0.25) is 0 Å². The van der Waals surface area contributed by atoms with E-state index in [1.807, 2.05) is 54.6 Å². The molecule has 1 saturated heterocycles. The number of hydrogen-bond donors (Lipinski definition) is 2. The maximum atomic E-state index is 13.7. The van der Waals surface area contributed by atoms with Crippen LogP contribution in [0.15, 0.2) is 54.6 Å². The number of nitrogens with two attached hydrogens (primary N) is 1. The van der Waals surface area contributed by atoms with Crippen molar-refractivity contribution in [3.05, 3.63) is 54.6 Å². The van der Waals surface area contributed by atoms with Crippen molar-refractivity contribution in [1.82, 2.24) is 9.62 Å². The molecular formula is C28H34N4O4S. The highest BCUT2D eigenvalue weighted by Crippen LogP contribution is 2.59. The Morgan fingerprint density at radius 3 is 2.32 bits per heavy atom. The summed E-state index contributed by atoms with van der Waals surface area (Å²) in [6.07, 6.45) is 4.97. The summed E-state index contributed by atoms with van der Waals surface area (Å²) in [7, 11) is -3.88. The Hall–Kier alpha value is -2.91. The molecular weight excluding hydrogens is 488 g/mol. The number of nitrogens with zero attached hydrogens (tertiary/aromatic N) is 2. The molecule has 7 rings (SSSR count). The molecule has 0 radical (unpaired) electrons. The number of hydrogen-bond acceptors (Lipinski definition) is 4. The van der Waals surface area contributed by atoms with Crippen LogP contribution < -0.4 is 15.4 Å². The zero-order valence-electron chi connectivity index (χ0n) is 20.9. The van der Waals surface area contributed by atoms with E-state index >= 15 is 0 Å². The van der Waals surface area contributed by atoms with Gasteiger partial charge in [-0.3, -0.25) is 13.9 Å². The number of nitrogens with one attached hydrogen (secondary N) is 1. The fraction of sp³-hybridized carbons (Fsp3) is 0.500. The molecule has 5 aliphatic rings. The van der Waals surface area contributed by atoms with Gasteiger partial charge in [-0.25, -0.2) is 0 Å². The predicted molar refractivity (Wildman–Crippen MR) is 141 cm³/mol. The molecule has 2 unspecified atom stereocenters. The van der Waals surface area contributed by atoms with Gasteiger partial charge in [-0.05, 0) is 67.9 Å². The SMILES string of the molecule is NC(=O)C12CC3CC(C1)C(NC(=O)CN1CCCN(c4ccccc4-c4ccccc4)S1(=O)=O)C(C3)C2. The summed E-state index contributed by atoms with van der Waals surface area (Å²) in [5.74, 6) is 0.489. The van der Waals surface area contributed by atoms with Crippen molar-refractivity contribution < 1.29 is 18.0 Å². The maximum absolute atomic E-state index is 13.7. The smallest absolute Gasteiger partial charge is 0.304 e. The number of primary amides is 1. The van der Waals surface area contributed by atoms with Gasteiger partial charge in [0.1, 0.15) is 0 Å². The molecule has 3 N–H and O–H groups in total. The van der Waals surface area contributed by atoms with Crippen molar-refractivity contribution in [2.45, 2.75) is 44.6 Å². The summed E-state index contributed by atoms with van der Waals surface area (Å²) in [5.41, 5.74) is 7.79. The zero-order chi connectivity index (χ0) is 25.8. The standard InChI is InChI=1S/C28H34N4O4S/c29-27(34)28-15-19-13-21(16-28)26(22(14-19)17-28)30-25(33)18-31-11-6-12-32(37(31,35)36)24-10-5-4-9-23(24)20-7-2-1-3-8-20/h1-5,7-10,19,21-22,26H,6,11-18H2,(H2,29,34)(H,30,33). The van der Waals surface area contributed by atoms with Crippen LogP contribution in [-0.4, -0.2) is 50.2 Å². The average Bonchev–Trinajstić information content (AvgIpc) is 2.87. The highest BCUT2D eigenvalue weighted by molar-refractivity contribution is 7.90. The lowest BCUT2D eigenvalue weighted by atomic mass is 9.47. The molecule has 4 bridgehead atoms. The minimum Gasteiger partial charge on any atom is -0.369 e. The lowest BCUT2D eigenvalue weighted by Gasteiger charge is -2.58. The number of para-hydroxylation sites is 1. The second-order valence-corrected chi connectivity index (χ2v) is 13.2. The van der Waals surface area contributed by atoms with Crippen molar-refractivity contribution in [2.75, 3.05) is 23.9 Å². The molecule has 37 heavy (non-hydrogen) atoms. The Morgan fingerprint density at radius 1 is 0.946 bits per heavy atom. The highest BCUT2D eigenvalue weighted by Gasteiger charge is 2.58. The predicted octanol–water partition coefficient (Wildman–Crippen LogP) is 2.91. The van der Waals surface area contributed by atoms with E-state index in [0.29, 0.717) is 31.1 Å². The normalized spacial score (nSPS) is 32.3. The van der Waals surface area contributed by atoms with E-state index in [-0.39, 0.29) is 36.2 Å². The molecule has 0 aromatic heterocycles. The minimum atomic E-state index is -3.88. The van der Waals surface area contributed by atoms with Crippen LogP contribution in [0.3, 0.4) is 0 Å². The van der Waals surface area contributed by atoms with Crippen LogP contribution in [0.25, 0.3) is 11.1 Å². The van der Waals surface area contributed by atoms with Crippen LogP contribution in [0, 0.1) is 23.2 Å².